The smallest absolute Gasteiger partial charge is 0.193 e. The standard InChI is InChI=1S/C23H31N3O/c1-19-7-6-10-20(15-19)11-13-25-23(24-2)26-14-12-22(16-26)18-27-17-21-8-4-3-5-9-21/h3-10,15,22H,11-14,16-18H2,1-2H3,(H,24,25). The van der Waals surface area contributed by atoms with Crippen LogP contribution in [0.2, 0.25) is 0 Å². The summed E-state index contributed by atoms with van der Waals surface area (Å²) in [6, 6.07) is 19.1. The fourth-order valence-corrected chi connectivity index (χ4v) is 3.60. The van der Waals surface area contributed by atoms with E-state index < -0.39 is 0 Å². The van der Waals surface area contributed by atoms with Gasteiger partial charge in [0.2, 0.25) is 0 Å². The number of guanidine groups is 1. The van der Waals surface area contributed by atoms with E-state index in [4.69, 9.17) is 4.74 Å². The number of likely N-dealkylation sites (tertiary alicyclic amines) is 1. The number of benzene rings is 2. The van der Waals surface area contributed by atoms with Gasteiger partial charge in [0, 0.05) is 32.6 Å². The van der Waals surface area contributed by atoms with Gasteiger partial charge in [-0.15, -0.1) is 0 Å². The van der Waals surface area contributed by atoms with E-state index in [9.17, 15) is 0 Å². The van der Waals surface area contributed by atoms with Crippen LogP contribution < -0.4 is 5.32 Å². The van der Waals surface area contributed by atoms with E-state index in [1.807, 2.05) is 13.1 Å². The number of nitrogens with one attached hydrogen (secondary N) is 1. The summed E-state index contributed by atoms with van der Waals surface area (Å²) in [6.45, 7) is 6.61. The molecule has 0 saturated carbocycles. The SMILES string of the molecule is CN=C(NCCc1cccc(C)c1)N1CCC(COCc2ccccc2)C1. The molecule has 1 aliphatic rings. The zero-order valence-corrected chi connectivity index (χ0v) is 16.5. The number of ether oxygens (including phenoxy) is 1. The predicted molar refractivity (Wildman–Crippen MR) is 112 cm³/mol. The van der Waals surface area contributed by atoms with Crippen LogP contribution >= 0.6 is 0 Å². The Labute approximate surface area is 163 Å². The van der Waals surface area contributed by atoms with Gasteiger partial charge in [0.25, 0.3) is 0 Å². The van der Waals surface area contributed by atoms with E-state index in [0.29, 0.717) is 12.5 Å². The molecule has 0 spiro atoms. The highest BCUT2D eigenvalue weighted by atomic mass is 16.5. The Kier molecular flexibility index (Phi) is 7.28. The first-order valence-corrected chi connectivity index (χ1v) is 9.87. The highest BCUT2D eigenvalue weighted by Crippen LogP contribution is 2.17. The Hall–Kier alpha value is -2.33. The number of nitrogens with zero attached hydrogens (tertiary/aromatic N) is 2. The Bertz CT molecular complexity index is 729. The molecule has 1 saturated heterocycles. The van der Waals surface area contributed by atoms with Gasteiger partial charge in [0.15, 0.2) is 5.96 Å². The fourth-order valence-electron chi connectivity index (χ4n) is 3.60. The van der Waals surface area contributed by atoms with Crippen LogP contribution in [-0.2, 0) is 17.8 Å². The zero-order chi connectivity index (χ0) is 18.9. The average molecular weight is 366 g/mol. The summed E-state index contributed by atoms with van der Waals surface area (Å²) in [5.41, 5.74) is 3.92. The summed E-state index contributed by atoms with van der Waals surface area (Å²) in [6.07, 6.45) is 2.17. The molecule has 0 aromatic heterocycles. The molecule has 0 radical (unpaired) electrons. The van der Waals surface area contributed by atoms with Crippen molar-refractivity contribution < 1.29 is 4.74 Å². The highest BCUT2D eigenvalue weighted by Gasteiger charge is 2.24. The van der Waals surface area contributed by atoms with Gasteiger partial charge in [-0.25, -0.2) is 0 Å². The van der Waals surface area contributed by atoms with Crippen LogP contribution in [-0.4, -0.2) is 44.1 Å². The molecule has 2 aromatic rings. The topological polar surface area (TPSA) is 36.9 Å². The molecule has 3 rings (SSSR count). The van der Waals surface area contributed by atoms with Crippen molar-refractivity contribution in [1.29, 1.82) is 0 Å². The summed E-state index contributed by atoms with van der Waals surface area (Å²) in [4.78, 5) is 6.83. The van der Waals surface area contributed by atoms with E-state index >= 15 is 0 Å². The maximum Gasteiger partial charge on any atom is 0.193 e. The van der Waals surface area contributed by atoms with E-state index in [2.05, 4.69) is 70.7 Å². The van der Waals surface area contributed by atoms with Crippen molar-refractivity contribution in [3.05, 3.63) is 71.3 Å². The van der Waals surface area contributed by atoms with E-state index in [1.165, 1.54) is 16.7 Å². The maximum atomic E-state index is 5.93. The second-order valence-electron chi connectivity index (χ2n) is 7.31. The zero-order valence-electron chi connectivity index (χ0n) is 16.5. The van der Waals surface area contributed by atoms with Crippen LogP contribution in [0.5, 0.6) is 0 Å². The van der Waals surface area contributed by atoms with Crippen molar-refractivity contribution in [1.82, 2.24) is 10.2 Å². The fraction of sp³-hybridized carbons (Fsp3) is 0.435. The molecular weight excluding hydrogens is 334 g/mol. The van der Waals surface area contributed by atoms with Gasteiger partial charge in [-0.1, -0.05) is 60.2 Å². The molecule has 0 amide bonds. The predicted octanol–water partition coefficient (Wildman–Crippen LogP) is 3.65. The van der Waals surface area contributed by atoms with Crippen molar-refractivity contribution in [3.8, 4) is 0 Å². The van der Waals surface area contributed by atoms with Crippen molar-refractivity contribution in [2.75, 3.05) is 33.3 Å². The average Bonchev–Trinajstić information content (AvgIpc) is 3.15. The normalized spacial score (nSPS) is 17.3. The van der Waals surface area contributed by atoms with Crippen LogP contribution in [0.1, 0.15) is 23.1 Å². The first-order chi connectivity index (χ1) is 13.2. The molecule has 1 N–H and O–H groups in total. The lowest BCUT2D eigenvalue weighted by molar-refractivity contribution is 0.0907. The lowest BCUT2D eigenvalue weighted by Gasteiger charge is -2.22. The first kappa shape index (κ1) is 19.4. The number of hydrogen-bond acceptors (Lipinski definition) is 2. The Morgan fingerprint density at radius 2 is 1.96 bits per heavy atom. The van der Waals surface area contributed by atoms with Gasteiger partial charge in [-0.05, 0) is 30.9 Å². The number of aryl methyl sites for hydroxylation is 1. The third-order valence-electron chi connectivity index (χ3n) is 5.04. The third-order valence-corrected chi connectivity index (χ3v) is 5.04. The van der Waals surface area contributed by atoms with Gasteiger partial charge in [-0.3, -0.25) is 4.99 Å². The van der Waals surface area contributed by atoms with Crippen molar-refractivity contribution in [2.45, 2.75) is 26.4 Å². The molecule has 0 aliphatic carbocycles. The molecule has 2 aromatic carbocycles. The molecule has 27 heavy (non-hydrogen) atoms. The summed E-state index contributed by atoms with van der Waals surface area (Å²) in [7, 11) is 1.87. The van der Waals surface area contributed by atoms with Gasteiger partial charge >= 0.3 is 0 Å². The second kappa shape index (κ2) is 10.1. The maximum absolute atomic E-state index is 5.93. The highest BCUT2D eigenvalue weighted by molar-refractivity contribution is 5.80. The van der Waals surface area contributed by atoms with E-state index in [-0.39, 0.29) is 0 Å². The minimum atomic E-state index is 0.573. The van der Waals surface area contributed by atoms with Gasteiger partial charge in [0.1, 0.15) is 0 Å². The lowest BCUT2D eigenvalue weighted by Crippen LogP contribution is -2.41. The van der Waals surface area contributed by atoms with Gasteiger partial charge < -0.3 is 15.0 Å². The summed E-state index contributed by atoms with van der Waals surface area (Å²) in [5.74, 6) is 1.58. The molecule has 0 bridgehead atoms. The van der Waals surface area contributed by atoms with Gasteiger partial charge in [-0.2, -0.15) is 0 Å². The van der Waals surface area contributed by atoms with Crippen LogP contribution in [0.3, 0.4) is 0 Å². The Morgan fingerprint density at radius 1 is 1.15 bits per heavy atom. The molecule has 1 aliphatic heterocycles. The summed E-state index contributed by atoms with van der Waals surface area (Å²) in [5, 5.41) is 3.52. The van der Waals surface area contributed by atoms with Crippen LogP contribution in [0.15, 0.2) is 59.6 Å². The van der Waals surface area contributed by atoms with E-state index in [1.54, 1.807) is 0 Å². The molecule has 4 nitrogen and oxygen atoms in total. The lowest BCUT2D eigenvalue weighted by atomic mass is 10.1. The Balaban J connectivity index is 1.38. The largest absolute Gasteiger partial charge is 0.376 e. The van der Waals surface area contributed by atoms with Crippen LogP contribution in [0, 0.1) is 12.8 Å². The summed E-state index contributed by atoms with van der Waals surface area (Å²) < 4.78 is 5.93. The van der Waals surface area contributed by atoms with Gasteiger partial charge in [0.05, 0.1) is 13.2 Å². The van der Waals surface area contributed by atoms with Crippen molar-refractivity contribution in [3.63, 3.8) is 0 Å². The molecule has 1 heterocycles. The molecule has 4 heteroatoms. The van der Waals surface area contributed by atoms with E-state index in [0.717, 1.165) is 45.0 Å². The minimum absolute atomic E-state index is 0.573. The van der Waals surface area contributed by atoms with Crippen LogP contribution in [0.4, 0.5) is 0 Å². The number of aliphatic imine (C=N–C) groups is 1. The molecule has 1 unspecified atom stereocenters. The minimum Gasteiger partial charge on any atom is -0.376 e. The molecular formula is C23H31N3O. The molecule has 1 atom stereocenters. The molecule has 144 valence electrons. The first-order valence-electron chi connectivity index (χ1n) is 9.87. The third kappa shape index (κ3) is 6.10. The molecule has 1 fully saturated rings. The Morgan fingerprint density at radius 3 is 2.74 bits per heavy atom. The number of rotatable bonds is 7. The van der Waals surface area contributed by atoms with Crippen molar-refractivity contribution >= 4 is 5.96 Å². The monoisotopic (exact) mass is 365 g/mol. The summed E-state index contributed by atoms with van der Waals surface area (Å²) >= 11 is 0. The van der Waals surface area contributed by atoms with Crippen LogP contribution in [0.25, 0.3) is 0 Å². The quantitative estimate of drug-likeness (QED) is 0.601. The van der Waals surface area contributed by atoms with Crippen molar-refractivity contribution in [2.24, 2.45) is 10.9 Å². The number of hydrogen-bond donors (Lipinski definition) is 1. The second-order valence-corrected chi connectivity index (χ2v) is 7.31.